The van der Waals surface area contributed by atoms with E-state index in [4.69, 9.17) is 14.9 Å². The lowest BCUT2D eigenvalue weighted by molar-refractivity contribution is -0.122. The molecule has 1 saturated heterocycles. The van der Waals surface area contributed by atoms with Gasteiger partial charge in [-0.1, -0.05) is 6.07 Å². The molecule has 32 heavy (non-hydrogen) atoms. The van der Waals surface area contributed by atoms with E-state index in [0.29, 0.717) is 26.3 Å². The highest BCUT2D eigenvalue weighted by molar-refractivity contribution is 14.0. The van der Waals surface area contributed by atoms with Crippen LogP contribution in [-0.4, -0.2) is 50.1 Å². The SMILES string of the molecule is CN=C(NCCCOCc1ccco1)NCc1cccnc1N1CCCC(C(N)=O)C1.I. The number of nitrogens with two attached hydrogens (primary N) is 1. The Morgan fingerprint density at radius 2 is 2.25 bits per heavy atom. The first-order valence-corrected chi connectivity index (χ1v) is 10.7. The highest BCUT2D eigenvalue weighted by Gasteiger charge is 2.25. The molecule has 2 aromatic rings. The third-order valence-corrected chi connectivity index (χ3v) is 5.24. The van der Waals surface area contributed by atoms with Crippen LogP contribution < -0.4 is 21.3 Å². The summed E-state index contributed by atoms with van der Waals surface area (Å²) in [5.74, 6) is 2.07. The van der Waals surface area contributed by atoms with Crippen molar-refractivity contribution in [3.8, 4) is 0 Å². The highest BCUT2D eigenvalue weighted by atomic mass is 127. The normalized spacial score (nSPS) is 16.3. The van der Waals surface area contributed by atoms with Gasteiger partial charge in [0.1, 0.15) is 18.2 Å². The first-order valence-electron chi connectivity index (χ1n) is 10.7. The van der Waals surface area contributed by atoms with Crippen molar-refractivity contribution in [3.63, 3.8) is 0 Å². The van der Waals surface area contributed by atoms with Gasteiger partial charge in [0.15, 0.2) is 5.96 Å². The van der Waals surface area contributed by atoms with Gasteiger partial charge in [0.05, 0.1) is 12.2 Å². The Morgan fingerprint density at radius 1 is 1.38 bits per heavy atom. The van der Waals surface area contributed by atoms with Gasteiger partial charge in [0.25, 0.3) is 0 Å². The van der Waals surface area contributed by atoms with Crippen molar-refractivity contribution in [1.29, 1.82) is 0 Å². The predicted octanol–water partition coefficient (Wildman–Crippen LogP) is 2.27. The molecular weight excluding hydrogens is 523 g/mol. The van der Waals surface area contributed by atoms with Gasteiger partial charge in [-0.05, 0) is 37.5 Å². The quantitative estimate of drug-likeness (QED) is 0.178. The molecule has 0 radical (unpaired) electrons. The molecule has 0 spiro atoms. The summed E-state index contributed by atoms with van der Waals surface area (Å²) in [5, 5.41) is 6.63. The molecule has 3 rings (SSSR count). The molecule has 1 atom stereocenters. The Labute approximate surface area is 206 Å². The molecule has 0 aliphatic carbocycles. The molecule has 1 fully saturated rings. The fraction of sp³-hybridized carbons (Fsp3) is 0.500. The number of aliphatic imine (C=N–C) groups is 1. The summed E-state index contributed by atoms with van der Waals surface area (Å²) in [4.78, 5) is 22.6. The molecular formula is C22H33IN6O3. The van der Waals surface area contributed by atoms with Crippen LogP contribution >= 0.6 is 24.0 Å². The molecule has 1 aliphatic rings. The van der Waals surface area contributed by atoms with Crippen molar-refractivity contribution in [2.75, 3.05) is 38.2 Å². The van der Waals surface area contributed by atoms with Crippen molar-refractivity contribution in [2.24, 2.45) is 16.6 Å². The number of aromatic nitrogens is 1. The molecule has 0 saturated carbocycles. The van der Waals surface area contributed by atoms with Crippen LogP contribution in [0.15, 0.2) is 46.1 Å². The topological polar surface area (TPSA) is 118 Å². The number of pyridine rings is 1. The summed E-state index contributed by atoms with van der Waals surface area (Å²) in [5.41, 5.74) is 6.58. The van der Waals surface area contributed by atoms with E-state index >= 15 is 0 Å². The highest BCUT2D eigenvalue weighted by Crippen LogP contribution is 2.24. The minimum Gasteiger partial charge on any atom is -0.467 e. The lowest BCUT2D eigenvalue weighted by Crippen LogP contribution is -2.42. The van der Waals surface area contributed by atoms with E-state index < -0.39 is 0 Å². The van der Waals surface area contributed by atoms with Gasteiger partial charge in [0.2, 0.25) is 5.91 Å². The van der Waals surface area contributed by atoms with Crippen LogP contribution in [0.25, 0.3) is 0 Å². The van der Waals surface area contributed by atoms with Crippen LogP contribution in [0.4, 0.5) is 5.82 Å². The van der Waals surface area contributed by atoms with E-state index in [0.717, 1.165) is 55.5 Å². The van der Waals surface area contributed by atoms with Gasteiger partial charge in [-0.15, -0.1) is 24.0 Å². The van der Waals surface area contributed by atoms with Crippen LogP contribution in [0.1, 0.15) is 30.6 Å². The summed E-state index contributed by atoms with van der Waals surface area (Å²) >= 11 is 0. The van der Waals surface area contributed by atoms with Gasteiger partial charge in [-0.2, -0.15) is 0 Å². The number of nitrogens with zero attached hydrogens (tertiary/aromatic N) is 3. The molecule has 3 heterocycles. The second kappa shape index (κ2) is 13.9. The maximum absolute atomic E-state index is 11.6. The number of nitrogens with one attached hydrogen (secondary N) is 2. The first kappa shape index (κ1) is 25.9. The predicted molar refractivity (Wildman–Crippen MR) is 135 cm³/mol. The van der Waals surface area contributed by atoms with E-state index in [1.165, 1.54) is 0 Å². The van der Waals surface area contributed by atoms with Crippen molar-refractivity contribution in [3.05, 3.63) is 48.0 Å². The second-order valence-electron chi connectivity index (χ2n) is 7.51. The number of hydrogen-bond acceptors (Lipinski definition) is 6. The summed E-state index contributed by atoms with van der Waals surface area (Å²) in [7, 11) is 1.75. The lowest BCUT2D eigenvalue weighted by atomic mass is 9.97. The van der Waals surface area contributed by atoms with Crippen molar-refractivity contribution in [2.45, 2.75) is 32.4 Å². The summed E-state index contributed by atoms with van der Waals surface area (Å²) in [6.45, 7) is 3.92. The minimum atomic E-state index is -0.238. The number of rotatable bonds is 10. The van der Waals surface area contributed by atoms with Crippen LogP contribution in [0.2, 0.25) is 0 Å². The Balaban J connectivity index is 0.00000363. The smallest absolute Gasteiger partial charge is 0.222 e. The van der Waals surface area contributed by atoms with E-state index in [1.54, 1.807) is 19.5 Å². The summed E-state index contributed by atoms with van der Waals surface area (Å²) in [6, 6.07) is 7.71. The number of guanidine groups is 1. The zero-order chi connectivity index (χ0) is 21.9. The molecule has 10 heteroatoms. The Bertz CT molecular complexity index is 846. The van der Waals surface area contributed by atoms with Crippen LogP contribution in [-0.2, 0) is 22.7 Å². The minimum absolute atomic E-state index is 0. The third-order valence-electron chi connectivity index (χ3n) is 5.24. The number of carbonyl (C=O) groups excluding carboxylic acids is 1. The summed E-state index contributed by atoms with van der Waals surface area (Å²) in [6.07, 6.45) is 6.05. The maximum atomic E-state index is 11.6. The average Bonchev–Trinajstić information content (AvgIpc) is 3.32. The zero-order valence-electron chi connectivity index (χ0n) is 18.5. The number of primary amides is 1. The number of hydrogen-bond donors (Lipinski definition) is 3. The van der Waals surface area contributed by atoms with Crippen LogP contribution in [0, 0.1) is 5.92 Å². The standard InChI is InChI=1S/C22H32N6O3.HI/c1-24-22(26-10-5-12-30-16-19-8-4-13-31-19)27-14-17-6-2-9-25-21(17)28-11-3-7-18(15-28)20(23)29;/h2,4,6,8-9,13,18H,3,5,7,10-12,14-16H2,1H3,(H2,23,29)(H2,24,26,27);1H. The molecule has 1 amide bonds. The molecule has 4 N–H and O–H groups in total. The van der Waals surface area contributed by atoms with Gasteiger partial charge < -0.3 is 30.4 Å². The van der Waals surface area contributed by atoms with E-state index in [2.05, 4.69) is 25.5 Å². The van der Waals surface area contributed by atoms with Gasteiger partial charge >= 0.3 is 0 Å². The fourth-order valence-corrected chi connectivity index (χ4v) is 3.60. The average molecular weight is 556 g/mol. The maximum Gasteiger partial charge on any atom is 0.222 e. The molecule has 1 unspecified atom stereocenters. The molecule has 176 valence electrons. The van der Waals surface area contributed by atoms with Gasteiger partial charge in [0, 0.05) is 51.6 Å². The number of furan rings is 1. The van der Waals surface area contributed by atoms with E-state index in [9.17, 15) is 4.79 Å². The Kier molecular flexibility index (Phi) is 11.3. The monoisotopic (exact) mass is 556 g/mol. The molecule has 1 aliphatic heterocycles. The second-order valence-corrected chi connectivity index (χ2v) is 7.51. The van der Waals surface area contributed by atoms with Crippen LogP contribution in [0.5, 0.6) is 0 Å². The number of amides is 1. The van der Waals surface area contributed by atoms with Gasteiger partial charge in [-0.3, -0.25) is 9.79 Å². The third kappa shape index (κ3) is 7.97. The van der Waals surface area contributed by atoms with E-state index in [1.807, 2.05) is 24.3 Å². The largest absolute Gasteiger partial charge is 0.467 e. The fourth-order valence-electron chi connectivity index (χ4n) is 3.60. The van der Waals surface area contributed by atoms with Crippen molar-refractivity contribution >= 4 is 41.7 Å². The van der Waals surface area contributed by atoms with Crippen LogP contribution in [0.3, 0.4) is 0 Å². The van der Waals surface area contributed by atoms with Crippen molar-refractivity contribution in [1.82, 2.24) is 15.6 Å². The number of ether oxygens (including phenoxy) is 1. The zero-order valence-corrected chi connectivity index (χ0v) is 20.8. The summed E-state index contributed by atoms with van der Waals surface area (Å²) < 4.78 is 10.8. The number of halogens is 1. The van der Waals surface area contributed by atoms with Gasteiger partial charge in [-0.25, -0.2) is 4.98 Å². The molecule has 0 bridgehead atoms. The number of piperidine rings is 1. The van der Waals surface area contributed by atoms with Crippen molar-refractivity contribution < 1.29 is 13.9 Å². The Morgan fingerprint density at radius 3 is 3.00 bits per heavy atom. The first-order chi connectivity index (χ1) is 15.2. The lowest BCUT2D eigenvalue weighted by Gasteiger charge is -2.33. The number of carbonyl (C=O) groups is 1. The molecule has 0 aromatic carbocycles. The van der Waals surface area contributed by atoms with E-state index in [-0.39, 0.29) is 35.8 Å². The molecule has 9 nitrogen and oxygen atoms in total. The molecule has 2 aromatic heterocycles. The Hall–Kier alpha value is -2.34. The number of anilines is 1.